The third-order valence-corrected chi connectivity index (χ3v) is 4.19. The van der Waals surface area contributed by atoms with Crippen LogP contribution in [0.25, 0.3) is 10.6 Å². The first-order valence-electron chi connectivity index (χ1n) is 5.36. The van der Waals surface area contributed by atoms with Gasteiger partial charge in [-0.05, 0) is 26.0 Å². The van der Waals surface area contributed by atoms with Gasteiger partial charge in [-0.15, -0.1) is 11.3 Å². The SMILES string of the molecule is CC(C)(C(=O)O)c1csc(-c2ccc(Br)cc2)n1. The number of aromatic nitrogens is 1. The number of halogens is 1. The zero-order valence-electron chi connectivity index (χ0n) is 9.98. The van der Waals surface area contributed by atoms with E-state index >= 15 is 0 Å². The molecule has 1 aromatic heterocycles. The van der Waals surface area contributed by atoms with Crippen LogP contribution >= 0.6 is 27.3 Å². The highest BCUT2D eigenvalue weighted by atomic mass is 79.9. The van der Waals surface area contributed by atoms with Crippen molar-refractivity contribution in [3.8, 4) is 10.6 Å². The molecule has 5 heteroatoms. The quantitative estimate of drug-likeness (QED) is 0.929. The van der Waals surface area contributed by atoms with Gasteiger partial charge in [0.05, 0.1) is 5.69 Å². The molecular weight excluding hydrogens is 314 g/mol. The van der Waals surface area contributed by atoms with Crippen LogP contribution in [0.1, 0.15) is 19.5 Å². The molecule has 1 heterocycles. The zero-order chi connectivity index (χ0) is 13.3. The van der Waals surface area contributed by atoms with Crippen molar-refractivity contribution in [3.05, 3.63) is 39.8 Å². The molecule has 0 spiro atoms. The van der Waals surface area contributed by atoms with Gasteiger partial charge >= 0.3 is 5.97 Å². The van der Waals surface area contributed by atoms with Gasteiger partial charge in [-0.25, -0.2) is 4.98 Å². The standard InChI is InChI=1S/C13H12BrNO2S/c1-13(2,12(16)17)10-7-18-11(15-10)8-3-5-9(14)6-4-8/h3-7H,1-2H3,(H,16,17). The van der Waals surface area contributed by atoms with E-state index < -0.39 is 11.4 Å². The summed E-state index contributed by atoms with van der Waals surface area (Å²) in [5.74, 6) is -0.866. The van der Waals surface area contributed by atoms with E-state index in [-0.39, 0.29) is 0 Å². The van der Waals surface area contributed by atoms with Gasteiger partial charge in [-0.3, -0.25) is 4.79 Å². The van der Waals surface area contributed by atoms with E-state index in [1.807, 2.05) is 29.6 Å². The molecule has 1 N–H and O–H groups in total. The Balaban J connectivity index is 2.37. The van der Waals surface area contributed by atoms with E-state index in [2.05, 4.69) is 20.9 Å². The number of hydrogen-bond acceptors (Lipinski definition) is 3. The topological polar surface area (TPSA) is 50.2 Å². The summed E-state index contributed by atoms with van der Waals surface area (Å²) in [5, 5.41) is 11.8. The van der Waals surface area contributed by atoms with Crippen molar-refractivity contribution in [2.75, 3.05) is 0 Å². The van der Waals surface area contributed by atoms with E-state index in [0.717, 1.165) is 15.0 Å². The van der Waals surface area contributed by atoms with Gasteiger partial charge in [0.25, 0.3) is 0 Å². The third kappa shape index (κ3) is 2.47. The molecule has 0 fully saturated rings. The predicted octanol–water partition coefficient (Wildman–Crippen LogP) is 3.93. The van der Waals surface area contributed by atoms with Crippen LogP contribution in [0.2, 0.25) is 0 Å². The van der Waals surface area contributed by atoms with Crippen molar-refractivity contribution in [1.82, 2.24) is 4.98 Å². The number of aliphatic carboxylic acids is 1. The Morgan fingerprint density at radius 3 is 2.50 bits per heavy atom. The van der Waals surface area contributed by atoms with Crippen LogP contribution in [0.5, 0.6) is 0 Å². The fourth-order valence-corrected chi connectivity index (χ4v) is 2.65. The smallest absolute Gasteiger partial charge is 0.315 e. The fraction of sp³-hybridized carbons (Fsp3) is 0.231. The molecule has 2 aromatic rings. The highest BCUT2D eigenvalue weighted by Crippen LogP contribution is 2.30. The molecule has 0 aliphatic rings. The number of hydrogen-bond donors (Lipinski definition) is 1. The van der Waals surface area contributed by atoms with Gasteiger partial charge in [0.15, 0.2) is 0 Å². The number of carbonyl (C=O) groups is 1. The summed E-state index contributed by atoms with van der Waals surface area (Å²) in [5.41, 5.74) is 0.637. The molecule has 0 amide bonds. The summed E-state index contributed by atoms with van der Waals surface area (Å²) >= 11 is 4.84. The minimum atomic E-state index is -0.954. The van der Waals surface area contributed by atoms with Crippen molar-refractivity contribution >= 4 is 33.2 Å². The summed E-state index contributed by atoms with van der Waals surface area (Å²) in [4.78, 5) is 15.6. The van der Waals surface area contributed by atoms with Gasteiger partial charge in [-0.1, -0.05) is 28.1 Å². The van der Waals surface area contributed by atoms with E-state index in [0.29, 0.717) is 5.69 Å². The Bertz CT molecular complexity index is 575. The number of carboxylic acid groups (broad SMARTS) is 1. The Morgan fingerprint density at radius 1 is 1.33 bits per heavy atom. The maximum Gasteiger partial charge on any atom is 0.315 e. The molecule has 2 rings (SSSR count). The lowest BCUT2D eigenvalue weighted by atomic mass is 9.90. The monoisotopic (exact) mass is 325 g/mol. The molecule has 0 saturated heterocycles. The largest absolute Gasteiger partial charge is 0.481 e. The molecule has 0 saturated carbocycles. The second kappa shape index (κ2) is 4.82. The Hall–Kier alpha value is -1.20. The lowest BCUT2D eigenvalue weighted by Gasteiger charge is -2.15. The first-order valence-corrected chi connectivity index (χ1v) is 7.04. The van der Waals surface area contributed by atoms with Gasteiger partial charge in [0.2, 0.25) is 0 Å². The highest BCUT2D eigenvalue weighted by molar-refractivity contribution is 9.10. The highest BCUT2D eigenvalue weighted by Gasteiger charge is 2.32. The summed E-state index contributed by atoms with van der Waals surface area (Å²) < 4.78 is 1.01. The predicted molar refractivity (Wildman–Crippen MR) is 75.9 cm³/mol. The van der Waals surface area contributed by atoms with E-state index in [1.165, 1.54) is 11.3 Å². The van der Waals surface area contributed by atoms with E-state index in [1.54, 1.807) is 13.8 Å². The van der Waals surface area contributed by atoms with E-state index in [4.69, 9.17) is 5.11 Å². The van der Waals surface area contributed by atoms with E-state index in [9.17, 15) is 4.79 Å². The third-order valence-electron chi connectivity index (χ3n) is 2.77. The molecule has 18 heavy (non-hydrogen) atoms. The normalized spacial score (nSPS) is 11.5. The van der Waals surface area contributed by atoms with Crippen LogP contribution < -0.4 is 0 Å². The van der Waals surface area contributed by atoms with Crippen molar-refractivity contribution in [3.63, 3.8) is 0 Å². The minimum absolute atomic E-state index is 0.595. The molecule has 94 valence electrons. The average molecular weight is 326 g/mol. The van der Waals surface area contributed by atoms with Crippen LogP contribution in [0.4, 0.5) is 0 Å². The summed E-state index contributed by atoms with van der Waals surface area (Å²) in [6.45, 7) is 3.32. The zero-order valence-corrected chi connectivity index (χ0v) is 12.4. The van der Waals surface area contributed by atoms with Crippen LogP contribution in [0.15, 0.2) is 34.1 Å². The number of rotatable bonds is 3. The molecule has 0 bridgehead atoms. The molecule has 1 aromatic carbocycles. The molecule has 0 atom stereocenters. The number of nitrogens with zero attached hydrogens (tertiary/aromatic N) is 1. The van der Waals surface area contributed by atoms with Crippen molar-refractivity contribution in [1.29, 1.82) is 0 Å². The van der Waals surface area contributed by atoms with Gasteiger partial charge in [0.1, 0.15) is 10.4 Å². The second-order valence-electron chi connectivity index (χ2n) is 4.47. The summed E-state index contributed by atoms with van der Waals surface area (Å²) in [6.07, 6.45) is 0. The Labute approximate surface area is 118 Å². The molecule has 0 unspecified atom stereocenters. The molecule has 0 radical (unpaired) electrons. The first-order chi connectivity index (χ1) is 8.41. The minimum Gasteiger partial charge on any atom is -0.481 e. The van der Waals surface area contributed by atoms with Crippen molar-refractivity contribution in [2.24, 2.45) is 0 Å². The lowest BCUT2D eigenvalue weighted by Crippen LogP contribution is -2.28. The molecule has 0 aliphatic heterocycles. The first kappa shape index (κ1) is 13.2. The Morgan fingerprint density at radius 2 is 1.94 bits per heavy atom. The van der Waals surface area contributed by atoms with Gasteiger partial charge < -0.3 is 5.11 Å². The number of thiazole rings is 1. The average Bonchev–Trinajstić information content (AvgIpc) is 2.79. The molecule has 3 nitrogen and oxygen atoms in total. The Kier molecular flexibility index (Phi) is 3.54. The summed E-state index contributed by atoms with van der Waals surface area (Å²) in [7, 11) is 0. The van der Waals surface area contributed by atoms with Crippen LogP contribution in [-0.2, 0) is 10.2 Å². The van der Waals surface area contributed by atoms with Crippen LogP contribution in [0.3, 0.4) is 0 Å². The maximum absolute atomic E-state index is 11.2. The maximum atomic E-state index is 11.2. The lowest BCUT2D eigenvalue weighted by molar-refractivity contribution is -0.142. The number of benzene rings is 1. The summed E-state index contributed by atoms with van der Waals surface area (Å²) in [6, 6.07) is 7.80. The van der Waals surface area contributed by atoms with Crippen LogP contribution in [0, 0.1) is 0 Å². The van der Waals surface area contributed by atoms with Gasteiger partial charge in [-0.2, -0.15) is 0 Å². The van der Waals surface area contributed by atoms with Gasteiger partial charge in [0, 0.05) is 15.4 Å². The fourth-order valence-electron chi connectivity index (χ4n) is 1.40. The molecular formula is C13H12BrNO2S. The second-order valence-corrected chi connectivity index (χ2v) is 6.25. The van der Waals surface area contributed by atoms with Crippen molar-refractivity contribution in [2.45, 2.75) is 19.3 Å². The molecule has 0 aliphatic carbocycles. The number of carboxylic acids is 1. The van der Waals surface area contributed by atoms with Crippen LogP contribution in [-0.4, -0.2) is 16.1 Å². The van der Waals surface area contributed by atoms with Crippen molar-refractivity contribution < 1.29 is 9.90 Å².